The molecular weight excluding hydrogens is 514 g/mol. The number of rotatable bonds is 9. The molecule has 1 aliphatic heterocycles. The lowest BCUT2D eigenvalue weighted by Crippen LogP contribution is -2.51. The van der Waals surface area contributed by atoms with E-state index in [-0.39, 0.29) is 30.8 Å². The molecule has 41 heavy (non-hydrogen) atoms. The van der Waals surface area contributed by atoms with Crippen LogP contribution in [0.2, 0.25) is 0 Å². The smallest absolute Gasteiger partial charge is 0.246 e. The van der Waals surface area contributed by atoms with Crippen LogP contribution in [0.3, 0.4) is 0 Å². The Morgan fingerprint density at radius 1 is 0.951 bits per heavy atom. The van der Waals surface area contributed by atoms with Crippen LogP contribution >= 0.6 is 0 Å². The number of aliphatic hydroxyl groups excluding tert-OH is 1. The number of hydrogen-bond donors (Lipinski definition) is 3. The lowest BCUT2D eigenvalue weighted by atomic mass is 9.93. The van der Waals surface area contributed by atoms with Crippen molar-refractivity contribution in [2.75, 3.05) is 22.1 Å². The van der Waals surface area contributed by atoms with E-state index in [0.717, 1.165) is 5.69 Å². The van der Waals surface area contributed by atoms with E-state index in [9.17, 15) is 14.7 Å². The molecule has 0 aliphatic carbocycles. The van der Waals surface area contributed by atoms with E-state index < -0.39 is 12.1 Å². The Labute approximate surface area is 242 Å². The summed E-state index contributed by atoms with van der Waals surface area (Å²) in [5.74, 6) is -1.13. The lowest BCUT2D eigenvalue weighted by Gasteiger charge is -2.33. The maximum atomic E-state index is 13.9. The number of amides is 2. The van der Waals surface area contributed by atoms with E-state index >= 15 is 0 Å². The molecule has 0 bridgehead atoms. The van der Waals surface area contributed by atoms with Crippen LogP contribution in [0.1, 0.15) is 51.2 Å². The molecular formula is C33H40N5O3+. The van der Waals surface area contributed by atoms with Crippen LogP contribution in [-0.2, 0) is 9.59 Å². The van der Waals surface area contributed by atoms with Gasteiger partial charge >= 0.3 is 0 Å². The van der Waals surface area contributed by atoms with E-state index in [2.05, 4.69) is 13.8 Å². The monoisotopic (exact) mass is 554 g/mol. The maximum Gasteiger partial charge on any atom is 0.246 e. The summed E-state index contributed by atoms with van der Waals surface area (Å²) in [5.41, 5.74) is 10.2. The van der Waals surface area contributed by atoms with Gasteiger partial charge in [0.15, 0.2) is 5.71 Å². The van der Waals surface area contributed by atoms with Crippen LogP contribution in [-0.4, -0.2) is 46.3 Å². The molecule has 3 aromatic carbocycles. The third kappa shape index (κ3) is 6.66. The first-order valence-electron chi connectivity index (χ1n) is 14.0. The second-order valence-corrected chi connectivity index (χ2v) is 11.0. The molecule has 2 atom stereocenters. The average Bonchev–Trinajstić information content (AvgIpc) is 3.06. The van der Waals surface area contributed by atoms with E-state index in [4.69, 9.17) is 11.1 Å². The van der Waals surface area contributed by atoms with Crippen molar-refractivity contribution in [1.29, 1.82) is 0 Å². The van der Waals surface area contributed by atoms with Crippen LogP contribution in [0.4, 0.5) is 17.1 Å². The van der Waals surface area contributed by atoms with Crippen LogP contribution in [0.5, 0.6) is 0 Å². The van der Waals surface area contributed by atoms with Crippen LogP contribution in [0.15, 0.2) is 91.3 Å². The molecule has 214 valence electrons. The predicted octanol–water partition coefficient (Wildman–Crippen LogP) is 3.53. The summed E-state index contributed by atoms with van der Waals surface area (Å²) < 4.78 is 0. The van der Waals surface area contributed by atoms with Crippen molar-refractivity contribution in [2.45, 2.75) is 52.3 Å². The molecule has 1 aliphatic rings. The van der Waals surface area contributed by atoms with Crippen molar-refractivity contribution in [3.05, 3.63) is 102 Å². The number of para-hydroxylation sites is 2. The van der Waals surface area contributed by atoms with Gasteiger partial charge in [0.2, 0.25) is 11.8 Å². The highest BCUT2D eigenvalue weighted by Crippen LogP contribution is 2.28. The summed E-state index contributed by atoms with van der Waals surface area (Å²) >= 11 is 0. The van der Waals surface area contributed by atoms with E-state index in [1.807, 2.05) is 80.6 Å². The van der Waals surface area contributed by atoms with Gasteiger partial charge in [-0.2, -0.15) is 0 Å². The minimum Gasteiger partial charge on any atom is -0.398 e. The van der Waals surface area contributed by atoms with Gasteiger partial charge in [-0.3, -0.25) is 19.9 Å². The molecule has 4 rings (SSSR count). The highest BCUT2D eigenvalue weighted by atomic mass is 16.3. The minimum atomic E-state index is -1.31. The summed E-state index contributed by atoms with van der Waals surface area (Å²) in [6.07, 6.45) is 1.94. The van der Waals surface area contributed by atoms with Crippen molar-refractivity contribution < 1.29 is 20.1 Å². The fourth-order valence-corrected chi connectivity index (χ4v) is 5.11. The van der Waals surface area contributed by atoms with Gasteiger partial charge in [0.1, 0.15) is 6.23 Å². The predicted molar refractivity (Wildman–Crippen MR) is 164 cm³/mol. The Morgan fingerprint density at radius 3 is 2.20 bits per heavy atom. The number of anilines is 3. The van der Waals surface area contributed by atoms with E-state index in [1.54, 1.807) is 29.4 Å². The lowest BCUT2D eigenvalue weighted by molar-refractivity contribution is -0.135. The molecule has 2 unspecified atom stereocenters. The molecule has 2 amide bonds. The highest BCUT2D eigenvalue weighted by molar-refractivity contribution is 6.05. The first-order chi connectivity index (χ1) is 19.6. The first-order valence-corrected chi connectivity index (χ1v) is 14.0. The maximum absolute atomic E-state index is 13.9. The zero-order valence-electron chi connectivity index (χ0n) is 24.1. The third-order valence-corrected chi connectivity index (χ3v) is 7.38. The number of carbonyl (C=O) groups is 2. The number of aliphatic hydroxyl groups is 1. The van der Waals surface area contributed by atoms with Crippen LogP contribution in [0.25, 0.3) is 0 Å². The van der Waals surface area contributed by atoms with Crippen molar-refractivity contribution in [1.82, 2.24) is 4.90 Å². The van der Waals surface area contributed by atoms with Crippen molar-refractivity contribution in [2.24, 2.45) is 5.92 Å². The number of hydrogen-bond acceptors (Lipinski definition) is 5. The zero-order valence-corrected chi connectivity index (χ0v) is 24.1. The van der Waals surface area contributed by atoms with Gasteiger partial charge in [0.25, 0.3) is 0 Å². The Kier molecular flexibility index (Phi) is 9.24. The highest BCUT2D eigenvalue weighted by Gasteiger charge is 2.39. The summed E-state index contributed by atoms with van der Waals surface area (Å²) in [6, 6.07) is 24.2. The zero-order chi connectivity index (χ0) is 29.7. The number of nitrogens with two attached hydrogens (primary N) is 2. The second-order valence-electron chi connectivity index (χ2n) is 11.0. The Balaban J connectivity index is 1.65. The van der Waals surface area contributed by atoms with Gasteiger partial charge in [-0.25, -0.2) is 0 Å². The fraction of sp³-hybridized carbons (Fsp3) is 0.303. The SMILES string of the molecule is CC(C)c1ccc(N(C(=O)CN2C=CN(c3ccccc3)C(=O)C(CC(=[NH2+])c3ccccc3N)C2O)C(C)C)cc1. The summed E-state index contributed by atoms with van der Waals surface area (Å²) in [7, 11) is 0. The topological polar surface area (TPSA) is 116 Å². The largest absolute Gasteiger partial charge is 0.398 e. The fourth-order valence-electron chi connectivity index (χ4n) is 5.11. The molecule has 0 saturated heterocycles. The Morgan fingerprint density at radius 2 is 1.59 bits per heavy atom. The normalized spacial score (nSPS) is 17.2. The quantitative estimate of drug-likeness (QED) is 0.277. The van der Waals surface area contributed by atoms with Gasteiger partial charge in [0, 0.05) is 41.9 Å². The van der Waals surface area contributed by atoms with Gasteiger partial charge in [-0.05, 0) is 61.7 Å². The van der Waals surface area contributed by atoms with Gasteiger partial charge < -0.3 is 20.6 Å². The van der Waals surface area contributed by atoms with Crippen LogP contribution in [0, 0.1) is 5.92 Å². The number of nitrogens with zero attached hydrogens (tertiary/aromatic N) is 3. The van der Waals surface area contributed by atoms with Crippen molar-refractivity contribution in [3.63, 3.8) is 0 Å². The molecule has 0 fully saturated rings. The summed E-state index contributed by atoms with van der Waals surface area (Å²) in [5, 5.41) is 18.1. The van der Waals surface area contributed by atoms with Gasteiger partial charge in [-0.15, -0.1) is 0 Å². The molecule has 8 heteroatoms. The molecule has 1 heterocycles. The Bertz CT molecular complexity index is 1400. The molecule has 5 N–H and O–H groups in total. The molecule has 8 nitrogen and oxygen atoms in total. The number of benzene rings is 3. The minimum absolute atomic E-state index is 0.0501. The number of nitrogen functional groups attached to an aromatic ring is 1. The van der Waals surface area contributed by atoms with Gasteiger partial charge in [0.05, 0.1) is 18.0 Å². The first kappa shape index (κ1) is 29.6. The molecule has 0 radical (unpaired) electrons. The summed E-state index contributed by atoms with van der Waals surface area (Å²) in [4.78, 5) is 32.3. The van der Waals surface area contributed by atoms with E-state index in [0.29, 0.717) is 28.6 Å². The van der Waals surface area contributed by atoms with Crippen LogP contribution < -0.4 is 20.9 Å². The van der Waals surface area contributed by atoms with E-state index in [1.165, 1.54) is 15.4 Å². The number of carbonyl (C=O) groups excluding carboxylic acids is 2. The van der Waals surface area contributed by atoms with Crippen molar-refractivity contribution >= 4 is 34.6 Å². The third-order valence-electron chi connectivity index (χ3n) is 7.38. The van der Waals surface area contributed by atoms with Gasteiger partial charge in [-0.1, -0.05) is 56.3 Å². The second kappa shape index (κ2) is 12.8. The molecule has 0 spiro atoms. The van der Waals surface area contributed by atoms with Crippen molar-refractivity contribution in [3.8, 4) is 0 Å². The molecule has 0 saturated carbocycles. The molecule has 0 aromatic heterocycles. The summed E-state index contributed by atoms with van der Waals surface area (Å²) in [6.45, 7) is 8.01. The molecule has 3 aromatic rings. The average molecular weight is 555 g/mol. The standard InChI is InChI=1S/C33H39N5O3/c1-22(2)24-14-16-26(17-15-24)38(23(3)4)31(39)21-36-18-19-37(25-10-6-5-7-11-25)33(41)28(32(36)40)20-30(35)27-12-8-9-13-29(27)34/h5-19,22-23,28,32,35,40H,20-21,34H2,1-4H3/p+1. The Hall–Kier alpha value is -4.43.